The average Bonchev–Trinajstić information content (AvgIpc) is 3.01. The van der Waals surface area contributed by atoms with Gasteiger partial charge in [0, 0.05) is 6.20 Å². The largest absolute Gasteiger partial charge is 0.354 e. The summed E-state index contributed by atoms with van der Waals surface area (Å²) in [4.78, 5) is 8.85. The third kappa shape index (κ3) is 2.32. The maximum absolute atomic E-state index is 6.23. The minimum Gasteiger partial charge on any atom is -0.354 e. The zero-order chi connectivity index (χ0) is 14.3. The molecule has 3 atom stereocenters. The summed E-state index contributed by atoms with van der Waals surface area (Å²) in [6.45, 7) is 4.41. The van der Waals surface area contributed by atoms with Crippen molar-refractivity contribution in [3.05, 3.63) is 17.4 Å². The number of halogens is 1. The van der Waals surface area contributed by atoms with Gasteiger partial charge in [0.15, 0.2) is 5.16 Å². The number of fused-ring (bicyclic) bond motifs is 1. The van der Waals surface area contributed by atoms with Gasteiger partial charge in [-0.05, 0) is 31.1 Å². The first-order valence-electron chi connectivity index (χ1n) is 6.87. The molecule has 3 heterocycles. The minimum atomic E-state index is 0.0492. The lowest BCUT2D eigenvalue weighted by molar-refractivity contribution is -0.00278. The van der Waals surface area contributed by atoms with E-state index >= 15 is 0 Å². The zero-order valence-electron chi connectivity index (χ0n) is 11.8. The van der Waals surface area contributed by atoms with E-state index in [1.807, 2.05) is 18.5 Å². The maximum Gasteiger partial charge on any atom is 0.190 e. The van der Waals surface area contributed by atoms with Crippen molar-refractivity contribution in [1.29, 1.82) is 0 Å². The van der Waals surface area contributed by atoms with Gasteiger partial charge < -0.3 is 9.30 Å². The summed E-state index contributed by atoms with van der Waals surface area (Å²) in [7, 11) is 0. The Balaban J connectivity index is 2.02. The summed E-state index contributed by atoms with van der Waals surface area (Å²) in [5, 5.41) is 2.09. The van der Waals surface area contributed by atoms with E-state index in [0.29, 0.717) is 22.3 Å². The number of aromatic nitrogens is 3. The van der Waals surface area contributed by atoms with Gasteiger partial charge >= 0.3 is 0 Å². The van der Waals surface area contributed by atoms with Crippen LogP contribution >= 0.6 is 23.4 Å². The third-order valence-corrected chi connectivity index (χ3v) is 4.78. The van der Waals surface area contributed by atoms with Crippen molar-refractivity contribution in [3.63, 3.8) is 0 Å². The second-order valence-electron chi connectivity index (χ2n) is 5.21. The molecule has 0 aliphatic carbocycles. The lowest BCUT2D eigenvalue weighted by Crippen LogP contribution is -2.12. The molecular formula is C14H18ClN3OS. The number of nitrogens with zero attached hydrogens (tertiary/aromatic N) is 3. The Kier molecular flexibility index (Phi) is 3.93. The fourth-order valence-electron chi connectivity index (χ4n) is 2.84. The van der Waals surface area contributed by atoms with Crippen LogP contribution in [-0.2, 0) is 4.74 Å². The van der Waals surface area contributed by atoms with E-state index < -0.39 is 0 Å². The van der Waals surface area contributed by atoms with Gasteiger partial charge in [-0.1, -0.05) is 37.2 Å². The number of hydrogen-bond acceptors (Lipinski definition) is 4. The molecule has 1 fully saturated rings. The van der Waals surface area contributed by atoms with Crippen LogP contribution in [0.1, 0.15) is 32.9 Å². The summed E-state index contributed by atoms with van der Waals surface area (Å²) < 4.78 is 8.23. The van der Waals surface area contributed by atoms with Crippen molar-refractivity contribution >= 4 is 34.4 Å². The van der Waals surface area contributed by atoms with E-state index in [2.05, 4.69) is 28.4 Å². The molecule has 1 saturated heterocycles. The summed E-state index contributed by atoms with van der Waals surface area (Å²) in [6.07, 6.45) is 6.39. The Bertz CT molecular complexity index is 630. The second kappa shape index (κ2) is 5.54. The van der Waals surface area contributed by atoms with Crippen LogP contribution in [0.4, 0.5) is 0 Å². The fraction of sp³-hybridized carbons (Fsp3) is 0.571. The molecule has 0 aromatic carbocycles. The predicted molar refractivity (Wildman–Crippen MR) is 82.3 cm³/mol. The quantitative estimate of drug-likeness (QED) is 0.485. The molecule has 3 unspecified atom stereocenters. The van der Waals surface area contributed by atoms with Crippen LogP contribution in [0.3, 0.4) is 0 Å². The van der Waals surface area contributed by atoms with Crippen molar-refractivity contribution in [3.8, 4) is 0 Å². The SMILES string of the molecule is CCC1OC(n2ccc3c(Cl)nc(SC)nc32)CC1C. The molecular weight excluding hydrogens is 294 g/mol. The van der Waals surface area contributed by atoms with Gasteiger partial charge in [-0.2, -0.15) is 0 Å². The summed E-state index contributed by atoms with van der Waals surface area (Å²) in [6, 6.07) is 1.97. The topological polar surface area (TPSA) is 39.9 Å². The van der Waals surface area contributed by atoms with Gasteiger partial charge in [-0.25, -0.2) is 9.97 Å². The molecule has 0 amide bonds. The van der Waals surface area contributed by atoms with E-state index in [1.165, 1.54) is 11.8 Å². The number of ether oxygens (including phenoxy) is 1. The lowest BCUT2D eigenvalue weighted by atomic mass is 10.0. The first-order chi connectivity index (χ1) is 9.63. The van der Waals surface area contributed by atoms with Crippen LogP contribution in [0.15, 0.2) is 17.4 Å². The molecule has 2 aromatic rings. The standard InChI is InChI=1S/C14H18ClN3OS/c1-4-10-8(2)7-11(19-10)18-6-5-9-12(15)16-14(20-3)17-13(9)18/h5-6,8,10-11H,4,7H2,1-3H3. The van der Waals surface area contributed by atoms with Crippen LogP contribution in [0, 0.1) is 5.92 Å². The monoisotopic (exact) mass is 311 g/mol. The summed E-state index contributed by atoms with van der Waals surface area (Å²) >= 11 is 7.72. The molecule has 2 aromatic heterocycles. The zero-order valence-corrected chi connectivity index (χ0v) is 13.4. The van der Waals surface area contributed by atoms with Crippen molar-refractivity contribution < 1.29 is 4.74 Å². The molecule has 6 heteroatoms. The number of hydrogen-bond donors (Lipinski definition) is 0. The van der Waals surface area contributed by atoms with Gasteiger partial charge in [0.05, 0.1) is 11.5 Å². The van der Waals surface area contributed by atoms with Crippen molar-refractivity contribution in [2.24, 2.45) is 5.92 Å². The third-order valence-electron chi connectivity index (χ3n) is 3.94. The van der Waals surface area contributed by atoms with E-state index in [9.17, 15) is 0 Å². The van der Waals surface area contributed by atoms with Crippen LogP contribution in [0.25, 0.3) is 11.0 Å². The fourth-order valence-corrected chi connectivity index (χ4v) is 3.48. The highest BCUT2D eigenvalue weighted by Crippen LogP contribution is 2.37. The highest BCUT2D eigenvalue weighted by Gasteiger charge is 2.32. The van der Waals surface area contributed by atoms with E-state index in [4.69, 9.17) is 16.3 Å². The van der Waals surface area contributed by atoms with Crippen LogP contribution in [-0.4, -0.2) is 26.9 Å². The molecule has 1 aliphatic heterocycles. The Morgan fingerprint density at radius 1 is 1.50 bits per heavy atom. The molecule has 20 heavy (non-hydrogen) atoms. The first kappa shape index (κ1) is 14.2. The Hall–Kier alpha value is -0.780. The van der Waals surface area contributed by atoms with E-state index in [0.717, 1.165) is 23.9 Å². The number of rotatable bonds is 3. The van der Waals surface area contributed by atoms with Crippen molar-refractivity contribution in [1.82, 2.24) is 14.5 Å². The maximum atomic E-state index is 6.23. The Morgan fingerprint density at radius 2 is 2.30 bits per heavy atom. The molecule has 4 nitrogen and oxygen atoms in total. The molecule has 108 valence electrons. The van der Waals surface area contributed by atoms with Crippen molar-refractivity contribution in [2.75, 3.05) is 6.26 Å². The van der Waals surface area contributed by atoms with Gasteiger partial charge in [0.2, 0.25) is 0 Å². The molecule has 0 spiro atoms. The first-order valence-corrected chi connectivity index (χ1v) is 8.47. The molecule has 0 bridgehead atoms. The smallest absolute Gasteiger partial charge is 0.190 e. The number of thioether (sulfide) groups is 1. The molecule has 0 N–H and O–H groups in total. The Labute approximate surface area is 127 Å². The highest BCUT2D eigenvalue weighted by atomic mass is 35.5. The lowest BCUT2D eigenvalue weighted by Gasteiger charge is -2.15. The normalized spacial score (nSPS) is 26.5. The van der Waals surface area contributed by atoms with Gasteiger partial charge in [0.1, 0.15) is 17.0 Å². The second-order valence-corrected chi connectivity index (χ2v) is 6.34. The van der Waals surface area contributed by atoms with Gasteiger partial charge in [-0.15, -0.1) is 0 Å². The molecule has 1 aliphatic rings. The molecule has 0 saturated carbocycles. The van der Waals surface area contributed by atoms with Gasteiger partial charge in [0.25, 0.3) is 0 Å². The van der Waals surface area contributed by atoms with Crippen molar-refractivity contribution in [2.45, 2.75) is 44.2 Å². The predicted octanol–water partition coefficient (Wildman–Crippen LogP) is 4.14. The average molecular weight is 312 g/mol. The minimum absolute atomic E-state index is 0.0492. The summed E-state index contributed by atoms with van der Waals surface area (Å²) in [5.74, 6) is 0.569. The Morgan fingerprint density at radius 3 is 2.95 bits per heavy atom. The van der Waals surface area contributed by atoms with E-state index in [1.54, 1.807) is 0 Å². The summed E-state index contributed by atoms with van der Waals surface area (Å²) in [5.41, 5.74) is 0.864. The van der Waals surface area contributed by atoms with Crippen LogP contribution in [0.5, 0.6) is 0 Å². The highest BCUT2D eigenvalue weighted by molar-refractivity contribution is 7.98. The molecule has 3 rings (SSSR count). The van der Waals surface area contributed by atoms with Crippen LogP contribution < -0.4 is 0 Å². The molecule has 0 radical (unpaired) electrons. The van der Waals surface area contributed by atoms with E-state index in [-0.39, 0.29) is 6.23 Å². The van der Waals surface area contributed by atoms with Crippen LogP contribution in [0.2, 0.25) is 5.15 Å². The van der Waals surface area contributed by atoms with Gasteiger partial charge in [-0.3, -0.25) is 0 Å².